The first kappa shape index (κ1) is 22.9. The zero-order valence-corrected chi connectivity index (χ0v) is 19.4. The highest BCUT2D eigenvalue weighted by molar-refractivity contribution is 6.51. The summed E-state index contributed by atoms with van der Waals surface area (Å²) in [5, 5.41) is 11.3. The highest BCUT2D eigenvalue weighted by Crippen LogP contribution is 2.45. The van der Waals surface area contributed by atoms with Crippen LogP contribution in [0.1, 0.15) is 22.7 Å². The molecule has 1 N–H and O–H groups in total. The van der Waals surface area contributed by atoms with E-state index in [-0.39, 0.29) is 11.3 Å². The SMILES string of the molecule is COc1ccc(/C(O)=C2\C(=O)C(=O)N(c3ccc(C)cc3)C2c2ccccc2OC)cc1OC. The number of aliphatic hydroxyl groups excluding tert-OH is 1. The van der Waals surface area contributed by atoms with Crippen molar-refractivity contribution < 1.29 is 28.9 Å². The van der Waals surface area contributed by atoms with Crippen molar-refractivity contribution in [3.8, 4) is 17.2 Å². The molecule has 7 nitrogen and oxygen atoms in total. The van der Waals surface area contributed by atoms with E-state index in [4.69, 9.17) is 14.2 Å². The van der Waals surface area contributed by atoms with Crippen LogP contribution in [0.5, 0.6) is 17.2 Å². The number of methoxy groups -OCH3 is 3. The summed E-state index contributed by atoms with van der Waals surface area (Å²) in [6, 6.07) is 18.3. The summed E-state index contributed by atoms with van der Waals surface area (Å²) >= 11 is 0. The molecule has 1 atom stereocenters. The topological polar surface area (TPSA) is 85.3 Å². The van der Waals surface area contributed by atoms with E-state index in [1.54, 1.807) is 54.6 Å². The Hall–Kier alpha value is -4.26. The van der Waals surface area contributed by atoms with Crippen LogP contribution < -0.4 is 19.1 Å². The summed E-state index contributed by atoms with van der Waals surface area (Å²) in [5.41, 5.74) is 2.41. The largest absolute Gasteiger partial charge is 0.507 e. The average Bonchev–Trinajstić information content (AvgIpc) is 3.13. The van der Waals surface area contributed by atoms with Gasteiger partial charge in [0.2, 0.25) is 0 Å². The normalized spacial score (nSPS) is 17.1. The van der Waals surface area contributed by atoms with Gasteiger partial charge in [-0.05, 0) is 43.3 Å². The van der Waals surface area contributed by atoms with E-state index >= 15 is 0 Å². The minimum atomic E-state index is -0.896. The van der Waals surface area contributed by atoms with Gasteiger partial charge < -0.3 is 19.3 Å². The summed E-state index contributed by atoms with van der Waals surface area (Å²) < 4.78 is 16.2. The van der Waals surface area contributed by atoms with Gasteiger partial charge in [0, 0.05) is 16.8 Å². The van der Waals surface area contributed by atoms with Crippen molar-refractivity contribution in [3.63, 3.8) is 0 Å². The smallest absolute Gasteiger partial charge is 0.300 e. The molecule has 1 fully saturated rings. The molecule has 0 saturated carbocycles. The number of para-hydroxylation sites is 1. The number of amides is 1. The quantitative estimate of drug-likeness (QED) is 0.328. The van der Waals surface area contributed by atoms with Crippen molar-refractivity contribution in [2.24, 2.45) is 0 Å². The van der Waals surface area contributed by atoms with Gasteiger partial charge in [-0.25, -0.2) is 0 Å². The average molecular weight is 459 g/mol. The second-order valence-corrected chi connectivity index (χ2v) is 7.82. The van der Waals surface area contributed by atoms with E-state index in [9.17, 15) is 14.7 Å². The number of aliphatic hydroxyl groups is 1. The minimum absolute atomic E-state index is 0.0395. The highest BCUT2D eigenvalue weighted by Gasteiger charge is 2.47. The van der Waals surface area contributed by atoms with Gasteiger partial charge in [0.1, 0.15) is 11.5 Å². The molecule has 0 aromatic heterocycles. The van der Waals surface area contributed by atoms with Crippen molar-refractivity contribution in [2.45, 2.75) is 13.0 Å². The lowest BCUT2D eigenvalue weighted by molar-refractivity contribution is -0.132. The molecule has 0 bridgehead atoms. The van der Waals surface area contributed by atoms with Crippen LogP contribution in [0.4, 0.5) is 5.69 Å². The number of benzene rings is 3. The van der Waals surface area contributed by atoms with Gasteiger partial charge in [0.05, 0.1) is 32.9 Å². The van der Waals surface area contributed by atoms with Gasteiger partial charge in [-0.15, -0.1) is 0 Å². The molecule has 1 amide bonds. The van der Waals surface area contributed by atoms with Crippen LogP contribution in [-0.4, -0.2) is 38.1 Å². The predicted octanol–water partition coefficient (Wildman–Crippen LogP) is 4.65. The Kier molecular flexibility index (Phi) is 6.27. The van der Waals surface area contributed by atoms with Crippen LogP contribution in [0.25, 0.3) is 5.76 Å². The molecule has 7 heteroatoms. The molecule has 3 aromatic rings. The molecule has 1 unspecified atom stereocenters. The molecule has 1 heterocycles. The fourth-order valence-corrected chi connectivity index (χ4v) is 4.13. The molecule has 4 rings (SSSR count). The van der Waals surface area contributed by atoms with Gasteiger partial charge in [0.15, 0.2) is 11.5 Å². The third-order valence-electron chi connectivity index (χ3n) is 5.85. The van der Waals surface area contributed by atoms with Gasteiger partial charge in [-0.1, -0.05) is 35.9 Å². The van der Waals surface area contributed by atoms with Gasteiger partial charge in [0.25, 0.3) is 11.7 Å². The lowest BCUT2D eigenvalue weighted by Gasteiger charge is -2.26. The summed E-state index contributed by atoms with van der Waals surface area (Å²) in [6.45, 7) is 1.94. The monoisotopic (exact) mass is 459 g/mol. The first-order chi connectivity index (χ1) is 16.4. The van der Waals surface area contributed by atoms with Gasteiger partial charge in [-0.3, -0.25) is 14.5 Å². The fraction of sp³-hybridized carbons (Fsp3) is 0.185. The molecule has 0 spiro atoms. The van der Waals surface area contributed by atoms with Crippen LogP contribution in [0.15, 0.2) is 72.3 Å². The maximum Gasteiger partial charge on any atom is 0.300 e. The highest BCUT2D eigenvalue weighted by atomic mass is 16.5. The molecule has 1 aliphatic rings. The summed E-state index contributed by atoms with van der Waals surface area (Å²) in [7, 11) is 4.50. The number of hydrogen-bond acceptors (Lipinski definition) is 6. The Morgan fingerprint density at radius 1 is 0.824 bits per heavy atom. The van der Waals surface area contributed by atoms with E-state index in [2.05, 4.69) is 0 Å². The van der Waals surface area contributed by atoms with Crippen molar-refractivity contribution in [1.29, 1.82) is 0 Å². The number of hydrogen-bond donors (Lipinski definition) is 1. The number of ether oxygens (including phenoxy) is 3. The van der Waals surface area contributed by atoms with Crippen molar-refractivity contribution in [2.75, 3.05) is 26.2 Å². The van der Waals surface area contributed by atoms with E-state index in [1.165, 1.54) is 26.2 Å². The number of nitrogens with zero attached hydrogens (tertiary/aromatic N) is 1. The molecular weight excluding hydrogens is 434 g/mol. The predicted molar refractivity (Wildman–Crippen MR) is 129 cm³/mol. The standard InChI is InChI=1S/C27H25NO6/c1-16-9-12-18(13-10-16)28-24(19-7-5-6-8-20(19)32-2)23(26(30)27(28)31)25(29)17-11-14-21(33-3)22(15-17)34-4/h5-15,24,29H,1-4H3/b25-23+. The number of ketones is 1. The number of anilines is 1. The molecule has 1 aliphatic heterocycles. The Bertz CT molecular complexity index is 1280. The van der Waals surface area contributed by atoms with Crippen molar-refractivity contribution >= 4 is 23.1 Å². The lowest BCUT2D eigenvalue weighted by atomic mass is 9.94. The first-order valence-electron chi connectivity index (χ1n) is 10.6. The summed E-state index contributed by atoms with van der Waals surface area (Å²) in [5.74, 6) is -0.492. The van der Waals surface area contributed by atoms with Crippen molar-refractivity contribution in [1.82, 2.24) is 0 Å². The van der Waals surface area contributed by atoms with E-state index in [1.807, 2.05) is 19.1 Å². The van der Waals surface area contributed by atoms with Gasteiger partial charge in [-0.2, -0.15) is 0 Å². The molecule has 174 valence electrons. The first-order valence-corrected chi connectivity index (χ1v) is 10.6. The second kappa shape index (κ2) is 9.31. The zero-order valence-electron chi connectivity index (χ0n) is 19.4. The third kappa shape index (κ3) is 3.85. The maximum atomic E-state index is 13.3. The number of carbonyl (C=O) groups is 2. The molecule has 3 aromatic carbocycles. The van der Waals surface area contributed by atoms with Crippen LogP contribution in [0.2, 0.25) is 0 Å². The van der Waals surface area contributed by atoms with Crippen LogP contribution in [-0.2, 0) is 9.59 Å². The Morgan fingerprint density at radius 3 is 2.12 bits per heavy atom. The second-order valence-electron chi connectivity index (χ2n) is 7.82. The van der Waals surface area contributed by atoms with Crippen molar-refractivity contribution in [3.05, 3.63) is 89.0 Å². The number of rotatable bonds is 6. The lowest BCUT2D eigenvalue weighted by Crippen LogP contribution is -2.29. The maximum absolute atomic E-state index is 13.3. The Morgan fingerprint density at radius 2 is 1.47 bits per heavy atom. The summed E-state index contributed by atoms with van der Waals surface area (Å²) in [6.07, 6.45) is 0. The Balaban J connectivity index is 1.97. The molecule has 0 radical (unpaired) electrons. The third-order valence-corrected chi connectivity index (χ3v) is 5.85. The van der Waals surface area contributed by atoms with Crippen LogP contribution >= 0.6 is 0 Å². The Labute approximate surface area is 197 Å². The fourth-order valence-electron chi connectivity index (χ4n) is 4.13. The number of aryl methyl sites for hydroxylation is 1. The van der Waals surface area contributed by atoms with E-state index < -0.39 is 17.7 Å². The van der Waals surface area contributed by atoms with Gasteiger partial charge >= 0.3 is 0 Å². The van der Waals surface area contributed by atoms with Crippen LogP contribution in [0, 0.1) is 6.92 Å². The van der Waals surface area contributed by atoms with E-state index in [0.29, 0.717) is 34.1 Å². The molecular formula is C27H25NO6. The summed E-state index contributed by atoms with van der Waals surface area (Å²) in [4.78, 5) is 28.0. The number of Topliss-reactive ketones (excluding diaryl/α,β-unsaturated/α-hetero) is 1. The van der Waals surface area contributed by atoms with Crippen LogP contribution in [0.3, 0.4) is 0 Å². The number of carbonyl (C=O) groups excluding carboxylic acids is 2. The molecule has 0 aliphatic carbocycles. The van der Waals surface area contributed by atoms with E-state index in [0.717, 1.165) is 5.56 Å². The molecule has 1 saturated heterocycles. The molecule has 34 heavy (non-hydrogen) atoms. The minimum Gasteiger partial charge on any atom is -0.507 e. The zero-order chi connectivity index (χ0) is 24.4.